The summed E-state index contributed by atoms with van der Waals surface area (Å²) in [5.74, 6) is 0. The Kier molecular flexibility index (Phi) is 11.8. The Balaban J connectivity index is 0.922. The third kappa shape index (κ3) is 8.03. The molecule has 0 saturated heterocycles. The Labute approximate surface area is 507 Å². The first-order valence-electron chi connectivity index (χ1n) is 30.1. The topological polar surface area (TPSA) is 6.48 Å². The highest BCUT2D eigenvalue weighted by Crippen LogP contribution is 2.66. The van der Waals surface area contributed by atoms with Crippen molar-refractivity contribution in [3.05, 3.63) is 362 Å². The van der Waals surface area contributed by atoms with Crippen LogP contribution in [-0.2, 0) is 5.41 Å². The van der Waals surface area contributed by atoms with E-state index in [2.05, 4.69) is 350 Å². The van der Waals surface area contributed by atoms with Crippen LogP contribution in [0.15, 0.2) is 340 Å². The molecular weight excluding hydrogens is 1050 g/mol. The van der Waals surface area contributed by atoms with Gasteiger partial charge in [-0.3, -0.25) is 0 Å². The molecule has 0 aliphatic heterocycles. The van der Waals surface area contributed by atoms with Crippen LogP contribution in [0.4, 0.5) is 34.1 Å². The van der Waals surface area contributed by atoms with E-state index in [4.69, 9.17) is 0 Å². The molecule has 15 aromatic rings. The van der Waals surface area contributed by atoms with Crippen molar-refractivity contribution in [3.63, 3.8) is 0 Å². The maximum atomic E-state index is 2.56. The van der Waals surface area contributed by atoms with Gasteiger partial charge in [-0.1, -0.05) is 267 Å². The van der Waals surface area contributed by atoms with Crippen LogP contribution in [0, 0.1) is 0 Å². The first-order chi connectivity index (χ1) is 43.2. The minimum atomic E-state index is -0.654. The fraction of sp³-hybridized carbons (Fsp3) is 0.0118. The van der Waals surface area contributed by atoms with E-state index in [0.29, 0.717) is 0 Å². The summed E-state index contributed by atoms with van der Waals surface area (Å²) in [7, 11) is 0. The highest BCUT2D eigenvalue weighted by molar-refractivity contribution is 6.21. The van der Waals surface area contributed by atoms with E-state index in [1.54, 1.807) is 0 Å². The molecule has 2 heteroatoms. The predicted octanol–water partition coefficient (Wildman–Crippen LogP) is 23.1. The molecule has 0 unspecified atom stereocenters. The summed E-state index contributed by atoms with van der Waals surface area (Å²) in [6.07, 6.45) is 0. The van der Waals surface area contributed by atoms with Crippen LogP contribution in [0.25, 0.3) is 99.1 Å². The lowest BCUT2D eigenvalue weighted by Crippen LogP contribution is -2.26. The van der Waals surface area contributed by atoms with Crippen LogP contribution in [0.2, 0.25) is 0 Å². The minimum absolute atomic E-state index is 0.654. The molecule has 0 saturated carbocycles. The van der Waals surface area contributed by atoms with Gasteiger partial charge < -0.3 is 9.80 Å². The van der Waals surface area contributed by atoms with Gasteiger partial charge in [-0.25, -0.2) is 0 Å². The van der Waals surface area contributed by atoms with Crippen LogP contribution in [0.5, 0.6) is 0 Å². The van der Waals surface area contributed by atoms with Gasteiger partial charge in [0.1, 0.15) is 0 Å². The lowest BCUT2D eigenvalue weighted by molar-refractivity contribution is 0.803. The zero-order chi connectivity index (χ0) is 57.4. The third-order valence-corrected chi connectivity index (χ3v) is 18.4. The Hall–Kier alpha value is -11.3. The number of para-hydroxylation sites is 2. The molecule has 15 aromatic carbocycles. The number of rotatable bonds is 10. The summed E-state index contributed by atoms with van der Waals surface area (Å²) in [6.45, 7) is 0. The molecule has 0 fully saturated rings. The van der Waals surface area contributed by atoms with Gasteiger partial charge in [-0.15, -0.1) is 0 Å². The number of hydrogen-bond donors (Lipinski definition) is 0. The Morgan fingerprint density at radius 1 is 0.207 bits per heavy atom. The van der Waals surface area contributed by atoms with Gasteiger partial charge in [0.15, 0.2) is 0 Å². The van der Waals surface area contributed by atoms with E-state index in [0.717, 1.165) is 61.9 Å². The molecule has 0 N–H and O–H groups in total. The molecule has 2 aliphatic carbocycles. The number of fused-ring (bicyclic) bond motifs is 16. The van der Waals surface area contributed by atoms with Crippen molar-refractivity contribution in [1.82, 2.24) is 0 Å². The molecule has 0 heterocycles. The molecule has 2 aliphatic rings. The SMILES string of the molecule is c1ccc(-c2ccc(-c3ccccc3)c(N(c3ccccc3)c3ccc4cc5c(cc4c3)C3(c4ccccc4-c4ccccc43)c3c-5c4ccccc4c4cc(N(c5ccccc5)c5cc(-c6ccccc6)ccc5-c5ccccc5)ccc34)c2)cc1. The van der Waals surface area contributed by atoms with E-state index in [9.17, 15) is 0 Å². The summed E-state index contributed by atoms with van der Waals surface area (Å²) in [5.41, 5.74) is 25.7. The molecule has 1 spiro atoms. The predicted molar refractivity (Wildman–Crippen MR) is 366 cm³/mol. The lowest BCUT2D eigenvalue weighted by Gasteiger charge is -2.33. The number of hydrogen-bond acceptors (Lipinski definition) is 2. The van der Waals surface area contributed by atoms with Gasteiger partial charge in [0.05, 0.1) is 16.8 Å². The summed E-state index contributed by atoms with van der Waals surface area (Å²) in [4.78, 5) is 4.94. The molecule has 17 rings (SSSR count). The average molecular weight is 1110 g/mol. The largest absolute Gasteiger partial charge is 0.310 e. The van der Waals surface area contributed by atoms with Crippen LogP contribution in [0.3, 0.4) is 0 Å². The second-order valence-corrected chi connectivity index (χ2v) is 23.1. The summed E-state index contributed by atoms with van der Waals surface area (Å²) in [6, 6.07) is 126. The van der Waals surface area contributed by atoms with Gasteiger partial charge in [0.25, 0.3) is 0 Å². The fourth-order valence-corrected chi connectivity index (χ4v) is 14.6. The quantitative estimate of drug-likeness (QED) is 0.126. The fourth-order valence-electron chi connectivity index (χ4n) is 14.6. The molecular formula is C85H56N2. The van der Waals surface area contributed by atoms with E-state index < -0.39 is 5.41 Å². The Bertz CT molecular complexity index is 5090. The maximum Gasteiger partial charge on any atom is 0.0731 e. The van der Waals surface area contributed by atoms with Gasteiger partial charge >= 0.3 is 0 Å². The standard InChI is InChI=1S/C85H56N2/c1-7-25-57(26-8-1)62-44-48-69(59-29-11-3-12-30-59)81(54-62)86(65-33-15-5-16-34-65)67-46-43-61-52-77-80(53-64(61)51-67)85(78-41-23-21-38-72(78)73-39-22-24-42-79(73)85)84-75-50-47-68(56-76(75)71-37-19-20-40-74(71)83(77)84)87(66-35-17-6-18-36-66)82-55-63(58-27-9-2-10-28-58)45-49-70(82)60-31-13-4-14-32-60/h1-56H. The number of nitrogens with zero attached hydrogens (tertiary/aromatic N) is 2. The summed E-state index contributed by atoms with van der Waals surface area (Å²) >= 11 is 0. The van der Waals surface area contributed by atoms with Crippen LogP contribution < -0.4 is 9.80 Å². The van der Waals surface area contributed by atoms with E-state index >= 15 is 0 Å². The monoisotopic (exact) mass is 1100 g/mol. The maximum absolute atomic E-state index is 2.56. The van der Waals surface area contributed by atoms with Gasteiger partial charge in [-0.05, 0) is 183 Å². The molecule has 0 bridgehead atoms. The van der Waals surface area contributed by atoms with Crippen molar-refractivity contribution < 1.29 is 0 Å². The Morgan fingerprint density at radius 2 is 0.644 bits per heavy atom. The van der Waals surface area contributed by atoms with Gasteiger partial charge in [0, 0.05) is 33.9 Å². The van der Waals surface area contributed by atoms with Crippen LogP contribution >= 0.6 is 0 Å². The van der Waals surface area contributed by atoms with Crippen molar-refractivity contribution >= 4 is 66.4 Å². The molecule has 0 radical (unpaired) electrons. The van der Waals surface area contributed by atoms with E-state index in [1.165, 1.54) is 93.5 Å². The highest BCUT2D eigenvalue weighted by atomic mass is 15.2. The van der Waals surface area contributed by atoms with Crippen molar-refractivity contribution in [2.24, 2.45) is 0 Å². The molecule has 0 atom stereocenters. The van der Waals surface area contributed by atoms with Gasteiger partial charge in [-0.2, -0.15) is 0 Å². The average Bonchev–Trinajstić information content (AvgIpc) is 1.52. The van der Waals surface area contributed by atoms with Crippen molar-refractivity contribution in [2.75, 3.05) is 9.80 Å². The second kappa shape index (κ2) is 20.5. The van der Waals surface area contributed by atoms with Gasteiger partial charge in [0.2, 0.25) is 0 Å². The van der Waals surface area contributed by atoms with E-state index in [-0.39, 0.29) is 0 Å². The molecule has 0 amide bonds. The minimum Gasteiger partial charge on any atom is -0.310 e. The molecule has 87 heavy (non-hydrogen) atoms. The van der Waals surface area contributed by atoms with Crippen molar-refractivity contribution in [1.29, 1.82) is 0 Å². The highest BCUT2D eigenvalue weighted by Gasteiger charge is 2.53. The zero-order valence-electron chi connectivity index (χ0n) is 47.7. The first kappa shape index (κ1) is 50.2. The van der Waals surface area contributed by atoms with E-state index in [1.807, 2.05) is 0 Å². The smallest absolute Gasteiger partial charge is 0.0731 e. The first-order valence-corrected chi connectivity index (χ1v) is 30.1. The molecule has 2 nitrogen and oxygen atoms in total. The zero-order valence-corrected chi connectivity index (χ0v) is 47.7. The summed E-state index contributed by atoms with van der Waals surface area (Å²) < 4.78 is 0. The Morgan fingerprint density at radius 3 is 1.17 bits per heavy atom. The lowest BCUT2D eigenvalue weighted by atomic mass is 9.69. The number of anilines is 6. The molecule has 0 aromatic heterocycles. The number of benzene rings is 15. The second-order valence-electron chi connectivity index (χ2n) is 23.1. The summed E-state index contributed by atoms with van der Waals surface area (Å²) in [5, 5.41) is 7.32. The van der Waals surface area contributed by atoms with Crippen LogP contribution in [0.1, 0.15) is 22.3 Å². The normalized spacial score (nSPS) is 12.5. The molecule has 406 valence electrons. The van der Waals surface area contributed by atoms with Crippen LogP contribution in [-0.4, -0.2) is 0 Å². The van der Waals surface area contributed by atoms with Crippen molar-refractivity contribution in [2.45, 2.75) is 5.41 Å². The van der Waals surface area contributed by atoms with Crippen molar-refractivity contribution in [3.8, 4) is 66.8 Å². The third-order valence-electron chi connectivity index (χ3n) is 18.4.